The fourth-order valence-corrected chi connectivity index (χ4v) is 2.90. The van der Waals surface area contributed by atoms with Crippen LogP contribution in [0.5, 0.6) is 0 Å². The molecular weight excluding hydrogens is 204 g/mol. The highest BCUT2D eigenvalue weighted by atomic mass is 16.6. The summed E-state index contributed by atoms with van der Waals surface area (Å²) in [4.78, 5) is 23.8. The number of ketones is 1. The van der Waals surface area contributed by atoms with E-state index in [1.165, 1.54) is 0 Å². The maximum Gasteiger partial charge on any atom is 0.318 e. The summed E-state index contributed by atoms with van der Waals surface area (Å²) in [5.41, 5.74) is 1.06. The summed E-state index contributed by atoms with van der Waals surface area (Å²) in [6.45, 7) is 3.73. The Kier molecular flexibility index (Phi) is 1.63. The average molecular weight is 216 g/mol. The Morgan fingerprint density at radius 3 is 2.62 bits per heavy atom. The largest absolute Gasteiger partial charge is 0.458 e. The van der Waals surface area contributed by atoms with Gasteiger partial charge in [-0.25, -0.2) is 0 Å². The summed E-state index contributed by atoms with van der Waals surface area (Å²) in [6.07, 6.45) is 0. The SMILES string of the molecule is CC1(C)OC(=O)[C@@H]2C(=O)c3ccccc3[C@@H]21. The van der Waals surface area contributed by atoms with Crippen LogP contribution < -0.4 is 0 Å². The fourth-order valence-electron chi connectivity index (χ4n) is 2.90. The molecule has 16 heavy (non-hydrogen) atoms. The Morgan fingerprint density at radius 2 is 1.88 bits per heavy atom. The van der Waals surface area contributed by atoms with Gasteiger partial charge in [0.25, 0.3) is 0 Å². The van der Waals surface area contributed by atoms with Crippen molar-refractivity contribution < 1.29 is 14.3 Å². The minimum absolute atomic E-state index is 0.0869. The minimum Gasteiger partial charge on any atom is -0.458 e. The van der Waals surface area contributed by atoms with Gasteiger partial charge in [-0.15, -0.1) is 0 Å². The van der Waals surface area contributed by atoms with E-state index in [-0.39, 0.29) is 17.7 Å². The van der Waals surface area contributed by atoms with E-state index in [0.29, 0.717) is 5.56 Å². The molecule has 1 saturated heterocycles. The molecule has 1 aromatic rings. The van der Waals surface area contributed by atoms with E-state index in [1.54, 1.807) is 6.07 Å². The van der Waals surface area contributed by atoms with Gasteiger partial charge in [-0.05, 0) is 19.4 Å². The normalized spacial score (nSPS) is 29.9. The molecule has 0 radical (unpaired) electrons. The smallest absolute Gasteiger partial charge is 0.318 e. The third-order valence-electron chi connectivity index (χ3n) is 3.54. The predicted octanol–water partition coefficient (Wildman–Crippen LogP) is 1.92. The second-order valence-corrected chi connectivity index (χ2v) is 4.93. The molecule has 0 aromatic heterocycles. The molecule has 3 heteroatoms. The molecular formula is C13H12O3. The molecule has 3 nitrogen and oxygen atoms in total. The van der Waals surface area contributed by atoms with E-state index in [1.807, 2.05) is 32.0 Å². The molecule has 0 unspecified atom stereocenters. The summed E-state index contributed by atoms with van der Waals surface area (Å²) in [5, 5.41) is 0. The molecule has 2 aliphatic rings. The zero-order chi connectivity index (χ0) is 11.5. The lowest BCUT2D eigenvalue weighted by Crippen LogP contribution is -2.26. The van der Waals surface area contributed by atoms with Gasteiger partial charge in [0.15, 0.2) is 5.78 Å². The number of rotatable bonds is 0. The van der Waals surface area contributed by atoms with Gasteiger partial charge in [-0.1, -0.05) is 24.3 Å². The molecule has 1 aliphatic heterocycles. The van der Waals surface area contributed by atoms with E-state index < -0.39 is 11.5 Å². The maximum absolute atomic E-state index is 12.1. The molecule has 0 N–H and O–H groups in total. The van der Waals surface area contributed by atoms with Gasteiger partial charge < -0.3 is 4.74 Å². The zero-order valence-electron chi connectivity index (χ0n) is 9.19. The van der Waals surface area contributed by atoms with Crippen molar-refractivity contribution in [2.75, 3.05) is 0 Å². The fraction of sp³-hybridized carbons (Fsp3) is 0.385. The molecule has 1 aromatic carbocycles. The van der Waals surface area contributed by atoms with Crippen molar-refractivity contribution in [2.45, 2.75) is 25.4 Å². The Balaban J connectivity index is 2.24. The van der Waals surface area contributed by atoms with Gasteiger partial charge >= 0.3 is 5.97 Å². The highest BCUT2D eigenvalue weighted by molar-refractivity contribution is 6.14. The Hall–Kier alpha value is -1.64. The highest BCUT2D eigenvalue weighted by Gasteiger charge is 2.58. The van der Waals surface area contributed by atoms with Gasteiger partial charge in [-0.2, -0.15) is 0 Å². The van der Waals surface area contributed by atoms with Gasteiger partial charge in [0.1, 0.15) is 11.5 Å². The standard InChI is InChI=1S/C13H12O3/c1-13(2)10-7-5-3-4-6-8(7)11(14)9(10)12(15)16-13/h3-6,9-10H,1-2H3/t9-,10-/m0/s1. The molecule has 1 aliphatic carbocycles. The van der Waals surface area contributed by atoms with Crippen molar-refractivity contribution in [3.05, 3.63) is 35.4 Å². The van der Waals surface area contributed by atoms with E-state index in [4.69, 9.17) is 4.74 Å². The summed E-state index contributed by atoms with van der Waals surface area (Å²) >= 11 is 0. The van der Waals surface area contributed by atoms with Crippen LogP contribution in [-0.2, 0) is 9.53 Å². The van der Waals surface area contributed by atoms with Crippen molar-refractivity contribution in [2.24, 2.45) is 5.92 Å². The second-order valence-electron chi connectivity index (χ2n) is 4.93. The van der Waals surface area contributed by atoms with E-state index in [2.05, 4.69) is 0 Å². The van der Waals surface area contributed by atoms with E-state index in [0.717, 1.165) is 5.56 Å². The van der Waals surface area contributed by atoms with Crippen molar-refractivity contribution in [3.63, 3.8) is 0 Å². The minimum atomic E-state index is -0.618. The van der Waals surface area contributed by atoms with Crippen molar-refractivity contribution >= 4 is 11.8 Å². The summed E-state index contributed by atoms with van der Waals surface area (Å²) in [6, 6.07) is 7.43. The number of ether oxygens (including phenoxy) is 1. The molecule has 0 bridgehead atoms. The van der Waals surface area contributed by atoms with Gasteiger partial charge in [0.2, 0.25) is 0 Å². The van der Waals surface area contributed by atoms with Crippen LogP contribution in [0.1, 0.15) is 35.7 Å². The van der Waals surface area contributed by atoms with Crippen molar-refractivity contribution in [1.29, 1.82) is 0 Å². The van der Waals surface area contributed by atoms with Gasteiger partial charge in [0, 0.05) is 11.5 Å². The number of carbonyl (C=O) groups is 2. The molecule has 0 saturated carbocycles. The van der Waals surface area contributed by atoms with Gasteiger partial charge in [-0.3, -0.25) is 9.59 Å². The maximum atomic E-state index is 12.1. The first-order valence-corrected chi connectivity index (χ1v) is 5.38. The van der Waals surface area contributed by atoms with Crippen LogP contribution in [0, 0.1) is 5.92 Å². The van der Waals surface area contributed by atoms with Crippen LogP contribution in [0.4, 0.5) is 0 Å². The number of hydrogen-bond donors (Lipinski definition) is 0. The highest BCUT2D eigenvalue weighted by Crippen LogP contribution is 2.51. The van der Waals surface area contributed by atoms with Crippen molar-refractivity contribution in [1.82, 2.24) is 0 Å². The Morgan fingerprint density at radius 1 is 1.19 bits per heavy atom. The lowest BCUT2D eigenvalue weighted by molar-refractivity contribution is -0.147. The first kappa shape index (κ1) is 9.58. The summed E-state index contributed by atoms with van der Waals surface area (Å²) in [5.74, 6) is -1.21. The molecule has 3 rings (SSSR count). The molecule has 82 valence electrons. The zero-order valence-corrected chi connectivity index (χ0v) is 9.19. The summed E-state index contributed by atoms with van der Waals surface area (Å²) in [7, 11) is 0. The van der Waals surface area contributed by atoms with Crippen LogP contribution in [0.15, 0.2) is 24.3 Å². The third-order valence-corrected chi connectivity index (χ3v) is 3.54. The number of benzene rings is 1. The quantitative estimate of drug-likeness (QED) is 0.491. The first-order chi connectivity index (χ1) is 7.52. The summed E-state index contributed by atoms with van der Waals surface area (Å²) < 4.78 is 5.28. The van der Waals surface area contributed by atoms with Crippen LogP contribution in [0.2, 0.25) is 0 Å². The Bertz CT molecular complexity index is 502. The topological polar surface area (TPSA) is 43.4 Å². The van der Waals surface area contributed by atoms with E-state index in [9.17, 15) is 9.59 Å². The van der Waals surface area contributed by atoms with Crippen LogP contribution in [0.25, 0.3) is 0 Å². The first-order valence-electron chi connectivity index (χ1n) is 5.38. The molecule has 0 amide bonds. The van der Waals surface area contributed by atoms with Crippen molar-refractivity contribution in [3.8, 4) is 0 Å². The predicted molar refractivity (Wildman–Crippen MR) is 57.2 cm³/mol. The van der Waals surface area contributed by atoms with Crippen LogP contribution >= 0.6 is 0 Å². The molecule has 1 fully saturated rings. The lowest BCUT2D eigenvalue weighted by atomic mass is 9.82. The van der Waals surface area contributed by atoms with Crippen LogP contribution in [0.3, 0.4) is 0 Å². The lowest BCUT2D eigenvalue weighted by Gasteiger charge is -2.24. The number of Topliss-reactive ketones (excluding diaryl/α,β-unsaturated/α-hetero) is 1. The number of hydrogen-bond acceptors (Lipinski definition) is 3. The monoisotopic (exact) mass is 216 g/mol. The molecule has 2 atom stereocenters. The molecule has 0 spiro atoms. The number of carbonyl (C=O) groups excluding carboxylic acids is 2. The van der Waals surface area contributed by atoms with Gasteiger partial charge in [0.05, 0.1) is 0 Å². The molecule has 1 heterocycles. The number of cyclic esters (lactones) is 1. The Labute approximate surface area is 93.4 Å². The third kappa shape index (κ3) is 0.979. The van der Waals surface area contributed by atoms with Crippen LogP contribution in [-0.4, -0.2) is 17.4 Å². The number of fused-ring (bicyclic) bond motifs is 3. The van der Waals surface area contributed by atoms with E-state index >= 15 is 0 Å². The second kappa shape index (κ2) is 2.73. The average Bonchev–Trinajstić information content (AvgIpc) is 2.64. The number of esters is 1.